The summed E-state index contributed by atoms with van der Waals surface area (Å²) in [5.41, 5.74) is 2.18. The summed E-state index contributed by atoms with van der Waals surface area (Å²) in [6.45, 7) is 2.69. The molecule has 2 heterocycles. The van der Waals surface area contributed by atoms with Gasteiger partial charge in [-0.25, -0.2) is 14.2 Å². The van der Waals surface area contributed by atoms with Crippen LogP contribution in [0.3, 0.4) is 0 Å². The molecule has 218 valence electrons. The van der Waals surface area contributed by atoms with E-state index in [1.165, 1.54) is 12.1 Å². The van der Waals surface area contributed by atoms with Gasteiger partial charge in [-0.1, -0.05) is 36.4 Å². The molecule has 1 aromatic heterocycles. The van der Waals surface area contributed by atoms with Gasteiger partial charge in [-0.3, -0.25) is 9.59 Å². The van der Waals surface area contributed by atoms with E-state index < -0.39 is 22.9 Å². The summed E-state index contributed by atoms with van der Waals surface area (Å²) in [6, 6.07) is 22.3. The van der Waals surface area contributed by atoms with E-state index in [0.717, 1.165) is 46.8 Å². The summed E-state index contributed by atoms with van der Waals surface area (Å²) in [4.78, 5) is 43.8. The Bertz CT molecular complexity index is 1860. The minimum atomic E-state index is -1.11. The molecule has 9 heteroatoms. The van der Waals surface area contributed by atoms with Crippen molar-refractivity contribution in [1.29, 1.82) is 0 Å². The molecule has 1 fully saturated rings. The summed E-state index contributed by atoms with van der Waals surface area (Å²) in [5, 5.41) is 18.1. The lowest BCUT2D eigenvalue weighted by atomic mass is 9.99. The van der Waals surface area contributed by atoms with Gasteiger partial charge in [-0.15, -0.1) is 0 Å². The average molecular weight is 579 g/mol. The van der Waals surface area contributed by atoms with Crippen molar-refractivity contribution in [3.05, 3.63) is 111 Å². The summed E-state index contributed by atoms with van der Waals surface area (Å²) >= 11 is 0. The maximum absolute atomic E-state index is 13.5. The third-order valence-electron chi connectivity index (χ3n) is 8.13. The van der Waals surface area contributed by atoms with E-state index in [0.29, 0.717) is 23.7 Å². The van der Waals surface area contributed by atoms with Gasteiger partial charge in [-0.2, -0.15) is 0 Å². The number of nitrogens with one attached hydrogen (secondary N) is 2. The first-order chi connectivity index (χ1) is 20.8. The molecule has 0 spiro atoms. The first-order valence-electron chi connectivity index (χ1n) is 14.4. The third-order valence-corrected chi connectivity index (χ3v) is 8.13. The molecule has 6 rings (SSSR count). The molecule has 0 bridgehead atoms. The van der Waals surface area contributed by atoms with E-state index >= 15 is 0 Å². The number of carboxylic acid groups (broad SMARTS) is 1. The Kier molecular flexibility index (Phi) is 7.63. The molecular formula is C34H31FN4O4. The largest absolute Gasteiger partial charge is 0.480 e. The second-order valence-electron chi connectivity index (χ2n) is 11.1. The van der Waals surface area contributed by atoms with Gasteiger partial charge in [0.25, 0.3) is 10.9 Å². The molecule has 8 nitrogen and oxygen atoms in total. The zero-order chi connectivity index (χ0) is 30.1. The average Bonchev–Trinajstić information content (AvgIpc) is 3.02. The monoisotopic (exact) mass is 578 g/mol. The number of fused-ring (bicyclic) bond motifs is 1. The Morgan fingerprint density at radius 3 is 2.49 bits per heavy atom. The predicted octanol–water partition coefficient (Wildman–Crippen LogP) is 5.87. The molecule has 0 aliphatic carbocycles. The van der Waals surface area contributed by atoms with Crippen molar-refractivity contribution in [1.82, 2.24) is 4.98 Å². The fraction of sp³-hybridized carbons (Fsp3) is 0.235. The van der Waals surface area contributed by atoms with Crippen LogP contribution in [0.15, 0.2) is 88.5 Å². The van der Waals surface area contributed by atoms with Crippen LogP contribution >= 0.6 is 0 Å². The van der Waals surface area contributed by atoms with Gasteiger partial charge < -0.3 is 20.6 Å². The molecule has 1 aliphatic heterocycles. The first kappa shape index (κ1) is 28.1. The lowest BCUT2D eigenvalue weighted by Crippen LogP contribution is -2.49. The second-order valence-corrected chi connectivity index (χ2v) is 11.1. The third kappa shape index (κ3) is 5.70. The highest BCUT2D eigenvalue weighted by Gasteiger charge is 2.32. The van der Waals surface area contributed by atoms with Gasteiger partial charge >= 0.3 is 5.97 Å². The molecule has 0 amide bonds. The number of pyridine rings is 1. The summed E-state index contributed by atoms with van der Waals surface area (Å²) in [5.74, 6) is -0.791. The molecule has 43 heavy (non-hydrogen) atoms. The van der Waals surface area contributed by atoms with Crippen molar-refractivity contribution < 1.29 is 14.3 Å². The Morgan fingerprint density at radius 2 is 1.77 bits per heavy atom. The number of halogens is 1. The number of anilines is 4. The minimum Gasteiger partial charge on any atom is -0.480 e. The van der Waals surface area contributed by atoms with E-state index in [2.05, 4.69) is 10.6 Å². The maximum atomic E-state index is 13.5. The van der Waals surface area contributed by atoms with Crippen molar-refractivity contribution in [3.63, 3.8) is 0 Å². The minimum absolute atomic E-state index is 0.100. The van der Waals surface area contributed by atoms with E-state index in [4.69, 9.17) is 4.98 Å². The van der Waals surface area contributed by atoms with Gasteiger partial charge in [0.05, 0.1) is 5.69 Å². The fourth-order valence-electron chi connectivity index (χ4n) is 5.75. The van der Waals surface area contributed by atoms with E-state index in [-0.39, 0.29) is 24.0 Å². The second kappa shape index (κ2) is 11.7. The van der Waals surface area contributed by atoms with Crippen LogP contribution in [0.2, 0.25) is 0 Å². The topological polar surface area (TPSA) is 112 Å². The highest BCUT2D eigenvalue weighted by molar-refractivity contribution is 5.96. The Labute approximate surface area is 247 Å². The van der Waals surface area contributed by atoms with Crippen LogP contribution in [0.4, 0.5) is 27.3 Å². The lowest BCUT2D eigenvalue weighted by molar-refractivity contribution is -0.137. The fourth-order valence-corrected chi connectivity index (χ4v) is 5.75. The molecule has 5 aromatic rings. The van der Waals surface area contributed by atoms with Gasteiger partial charge in [0.1, 0.15) is 29.1 Å². The normalized spacial score (nSPS) is 15.9. The van der Waals surface area contributed by atoms with Crippen LogP contribution in [-0.2, 0) is 11.2 Å². The number of carbonyl (C=O) groups is 1. The number of nitrogens with zero attached hydrogens (tertiary/aromatic N) is 2. The smallest absolute Gasteiger partial charge is 0.326 e. The highest BCUT2D eigenvalue weighted by Crippen LogP contribution is 2.31. The summed E-state index contributed by atoms with van der Waals surface area (Å²) in [6.07, 6.45) is 3.02. The van der Waals surface area contributed by atoms with Crippen molar-refractivity contribution in [2.24, 2.45) is 0 Å². The summed E-state index contributed by atoms with van der Waals surface area (Å²) < 4.78 is 13.5. The van der Waals surface area contributed by atoms with Crippen LogP contribution in [0, 0.1) is 5.82 Å². The molecule has 0 saturated carbocycles. The Morgan fingerprint density at radius 1 is 1.02 bits per heavy atom. The van der Waals surface area contributed by atoms with E-state index in [1.807, 2.05) is 66.4 Å². The molecular weight excluding hydrogens is 547 g/mol. The number of rotatable bonds is 9. The Hall–Kier alpha value is -5.05. The molecule has 1 saturated heterocycles. The van der Waals surface area contributed by atoms with Crippen molar-refractivity contribution in [2.75, 3.05) is 22.1 Å². The van der Waals surface area contributed by atoms with Gasteiger partial charge in [0.2, 0.25) is 0 Å². The summed E-state index contributed by atoms with van der Waals surface area (Å²) in [7, 11) is 0. The van der Waals surface area contributed by atoms with Gasteiger partial charge in [0.15, 0.2) is 0 Å². The molecule has 1 aliphatic rings. The highest BCUT2D eigenvalue weighted by atomic mass is 19.1. The number of hydrogen-bond acceptors (Lipinski definition) is 7. The van der Waals surface area contributed by atoms with Crippen molar-refractivity contribution in [2.45, 2.75) is 44.7 Å². The van der Waals surface area contributed by atoms with Gasteiger partial charge in [0, 0.05) is 35.6 Å². The van der Waals surface area contributed by atoms with E-state index in [9.17, 15) is 23.9 Å². The number of piperidine rings is 1. The number of carboxylic acids is 1. The maximum Gasteiger partial charge on any atom is 0.326 e. The predicted molar refractivity (Wildman–Crippen MR) is 168 cm³/mol. The SMILES string of the molecule is C[C@H]1CCCCN1c1c(NC(Cc2ccc(Nc3nc(-c4ccc(F)cc4)cc4ccccc34)cc2)C(=O)O)c(=O)c1=O. The number of aromatic nitrogens is 1. The lowest BCUT2D eigenvalue weighted by Gasteiger charge is -2.37. The van der Waals surface area contributed by atoms with Crippen LogP contribution in [0.1, 0.15) is 31.7 Å². The van der Waals surface area contributed by atoms with Crippen LogP contribution in [-0.4, -0.2) is 34.7 Å². The molecule has 1 unspecified atom stereocenters. The standard InChI is InChI=1S/C34H31FN4O4/c1-20-6-4-5-17-39(20)30-29(31(40)32(30)41)37-28(34(42)43)18-21-9-15-25(16-10-21)36-33-26-8-3-2-7-23(26)19-27(38-33)22-11-13-24(35)14-12-22/h2-3,7-16,19-20,28,37H,4-6,17-18H2,1H3,(H,36,38)(H,42,43)/t20-,28?/m0/s1. The molecule has 3 N–H and O–H groups in total. The van der Waals surface area contributed by atoms with Crippen molar-refractivity contribution in [3.8, 4) is 11.3 Å². The number of benzene rings is 3. The molecule has 4 aromatic carbocycles. The zero-order valence-corrected chi connectivity index (χ0v) is 23.6. The quantitative estimate of drug-likeness (QED) is 0.186. The zero-order valence-electron chi connectivity index (χ0n) is 23.6. The molecule has 2 atom stereocenters. The molecule has 0 radical (unpaired) electrons. The number of aliphatic carboxylic acids is 1. The van der Waals surface area contributed by atoms with Crippen LogP contribution < -0.4 is 26.4 Å². The Balaban J connectivity index is 1.21. The first-order valence-corrected chi connectivity index (χ1v) is 14.4. The van der Waals surface area contributed by atoms with Crippen LogP contribution in [0.25, 0.3) is 22.0 Å². The van der Waals surface area contributed by atoms with Gasteiger partial charge in [-0.05, 0) is 79.6 Å². The van der Waals surface area contributed by atoms with E-state index in [1.54, 1.807) is 12.1 Å². The van der Waals surface area contributed by atoms with Crippen molar-refractivity contribution >= 4 is 39.6 Å². The number of hydrogen-bond donors (Lipinski definition) is 3. The van der Waals surface area contributed by atoms with Crippen LogP contribution in [0.5, 0.6) is 0 Å².